The lowest BCUT2D eigenvalue weighted by molar-refractivity contribution is -0.123. The van der Waals surface area contributed by atoms with Gasteiger partial charge in [-0.2, -0.15) is 15.3 Å². The van der Waals surface area contributed by atoms with Crippen LogP contribution in [0.5, 0.6) is 0 Å². The molecule has 13 heteroatoms. The molecule has 4 rings (SSSR count). The van der Waals surface area contributed by atoms with Gasteiger partial charge in [0.15, 0.2) is 12.5 Å². The van der Waals surface area contributed by atoms with Crippen molar-refractivity contribution in [3.8, 4) is 11.3 Å². The summed E-state index contributed by atoms with van der Waals surface area (Å²) in [5.74, 6) is 0.0540. The van der Waals surface area contributed by atoms with Gasteiger partial charge in [-0.15, -0.1) is 0 Å². The summed E-state index contributed by atoms with van der Waals surface area (Å²) in [7, 11) is -4.73. The van der Waals surface area contributed by atoms with Crippen LogP contribution in [0.15, 0.2) is 36.8 Å². The van der Waals surface area contributed by atoms with Crippen molar-refractivity contribution in [1.29, 1.82) is 0 Å². The van der Waals surface area contributed by atoms with Crippen LogP contribution in [-0.4, -0.2) is 47.2 Å². The second kappa shape index (κ2) is 9.66. The molecule has 0 radical (unpaired) electrons. The normalized spacial score (nSPS) is 16.9. The van der Waals surface area contributed by atoms with Crippen LogP contribution in [0.1, 0.15) is 24.0 Å². The molecule has 1 fully saturated rings. The smallest absolute Gasteiger partial charge is 0.303 e. The Labute approximate surface area is 194 Å². The summed E-state index contributed by atoms with van der Waals surface area (Å²) >= 11 is 5.85. The van der Waals surface area contributed by atoms with Gasteiger partial charge in [0.05, 0.1) is 18.1 Å². The van der Waals surface area contributed by atoms with Crippen molar-refractivity contribution in [3.63, 3.8) is 0 Å². The maximum atomic E-state index is 13.3. The molecule has 1 atom stereocenters. The maximum absolute atomic E-state index is 13.3. The first kappa shape index (κ1) is 23.5. The Morgan fingerprint density at radius 1 is 1.24 bits per heavy atom. The van der Waals surface area contributed by atoms with E-state index in [1.807, 2.05) is 13.0 Å². The Bertz CT molecular complexity index is 1200. The summed E-state index contributed by atoms with van der Waals surface area (Å²) in [4.78, 5) is 37.2. The van der Waals surface area contributed by atoms with Gasteiger partial charge in [0, 0.05) is 30.3 Å². The SMILES string of the molecule is Cc1cnncc1-c1cc(N2CCC[C@@H](Cc3ccc(Cl)nc3)C2=O)nn1COP(=O)(O)O. The number of amides is 1. The number of carbonyl (C=O) groups excluding carboxylic acids is 1. The molecule has 0 aliphatic carbocycles. The second-order valence-corrected chi connectivity index (χ2v) is 9.37. The number of hydrogen-bond donors (Lipinski definition) is 2. The Morgan fingerprint density at radius 2 is 2.03 bits per heavy atom. The topological polar surface area (TPSA) is 144 Å². The molecule has 0 unspecified atom stereocenters. The van der Waals surface area contributed by atoms with E-state index in [1.165, 1.54) is 10.9 Å². The van der Waals surface area contributed by atoms with Crippen molar-refractivity contribution in [3.05, 3.63) is 53.1 Å². The lowest BCUT2D eigenvalue weighted by atomic mass is 9.91. The number of halogens is 1. The van der Waals surface area contributed by atoms with Gasteiger partial charge in [0.25, 0.3) is 0 Å². The second-order valence-electron chi connectivity index (χ2n) is 7.74. The number of aromatic nitrogens is 5. The van der Waals surface area contributed by atoms with E-state index in [0.717, 1.165) is 24.0 Å². The molecule has 0 saturated carbocycles. The third-order valence-corrected chi connectivity index (χ3v) is 6.09. The number of nitrogens with zero attached hydrogens (tertiary/aromatic N) is 6. The van der Waals surface area contributed by atoms with E-state index < -0.39 is 14.6 Å². The Morgan fingerprint density at radius 3 is 2.73 bits per heavy atom. The van der Waals surface area contributed by atoms with E-state index >= 15 is 0 Å². The summed E-state index contributed by atoms with van der Waals surface area (Å²) in [5.41, 5.74) is 2.86. The Hall–Kier alpha value is -2.69. The quantitative estimate of drug-likeness (QED) is 0.375. The minimum absolute atomic E-state index is 0.0760. The van der Waals surface area contributed by atoms with Gasteiger partial charge in [0.2, 0.25) is 5.91 Å². The number of aryl methyl sites for hydroxylation is 1. The van der Waals surface area contributed by atoms with E-state index in [2.05, 4.69) is 24.8 Å². The van der Waals surface area contributed by atoms with Crippen molar-refractivity contribution in [1.82, 2.24) is 25.0 Å². The van der Waals surface area contributed by atoms with Gasteiger partial charge in [-0.25, -0.2) is 14.2 Å². The average molecular weight is 493 g/mol. The van der Waals surface area contributed by atoms with Crippen LogP contribution in [0, 0.1) is 12.8 Å². The summed E-state index contributed by atoms with van der Waals surface area (Å²) in [6.07, 6.45) is 6.81. The van der Waals surface area contributed by atoms with E-state index in [-0.39, 0.29) is 11.8 Å². The highest BCUT2D eigenvalue weighted by Gasteiger charge is 2.32. The molecule has 1 saturated heterocycles. The molecule has 33 heavy (non-hydrogen) atoms. The van der Waals surface area contributed by atoms with Crippen LogP contribution < -0.4 is 4.90 Å². The average Bonchev–Trinajstić information content (AvgIpc) is 3.19. The summed E-state index contributed by atoms with van der Waals surface area (Å²) in [5, 5.41) is 12.6. The van der Waals surface area contributed by atoms with Gasteiger partial charge >= 0.3 is 7.82 Å². The molecule has 1 amide bonds. The molecule has 174 valence electrons. The van der Waals surface area contributed by atoms with Crippen LogP contribution in [0.25, 0.3) is 11.3 Å². The van der Waals surface area contributed by atoms with E-state index in [9.17, 15) is 9.36 Å². The third-order valence-electron chi connectivity index (χ3n) is 5.42. The monoisotopic (exact) mass is 492 g/mol. The molecule has 2 N–H and O–H groups in total. The zero-order valence-corrected chi connectivity index (χ0v) is 19.4. The van der Waals surface area contributed by atoms with Crippen LogP contribution in [-0.2, 0) is 27.0 Å². The van der Waals surface area contributed by atoms with Crippen LogP contribution in [0.2, 0.25) is 5.15 Å². The molecular weight excluding hydrogens is 471 g/mol. The molecule has 1 aliphatic heterocycles. The molecular formula is C20H22ClN6O5P. The number of anilines is 1. The molecule has 0 aromatic carbocycles. The Kier molecular flexibility index (Phi) is 6.87. The van der Waals surface area contributed by atoms with Crippen molar-refractivity contribution >= 4 is 31.1 Å². The van der Waals surface area contributed by atoms with Gasteiger partial charge in [-0.3, -0.25) is 14.2 Å². The largest absolute Gasteiger partial charge is 0.471 e. The predicted octanol–water partition coefficient (Wildman–Crippen LogP) is 2.75. The lowest BCUT2D eigenvalue weighted by Gasteiger charge is -2.30. The fourth-order valence-electron chi connectivity index (χ4n) is 3.81. The zero-order valence-electron chi connectivity index (χ0n) is 17.7. The molecule has 0 spiro atoms. The van der Waals surface area contributed by atoms with Gasteiger partial charge < -0.3 is 9.79 Å². The third kappa shape index (κ3) is 5.63. The minimum atomic E-state index is -4.73. The molecule has 3 aromatic heterocycles. The molecule has 3 aromatic rings. The number of phosphoric acid groups is 1. The van der Waals surface area contributed by atoms with Crippen LogP contribution in [0.4, 0.5) is 5.82 Å². The fraction of sp³-hybridized carbons (Fsp3) is 0.350. The van der Waals surface area contributed by atoms with E-state index in [4.69, 9.17) is 21.4 Å². The number of phosphoric ester groups is 1. The molecule has 0 bridgehead atoms. The summed E-state index contributed by atoms with van der Waals surface area (Å²) < 4.78 is 17.2. The predicted molar refractivity (Wildman–Crippen MR) is 119 cm³/mol. The van der Waals surface area contributed by atoms with Crippen LogP contribution >= 0.6 is 19.4 Å². The van der Waals surface area contributed by atoms with Crippen molar-refractivity contribution in [2.45, 2.75) is 32.9 Å². The summed E-state index contributed by atoms with van der Waals surface area (Å²) in [6.45, 7) is 1.81. The highest BCUT2D eigenvalue weighted by molar-refractivity contribution is 7.46. The van der Waals surface area contributed by atoms with Crippen molar-refractivity contribution in [2.75, 3.05) is 11.4 Å². The maximum Gasteiger partial charge on any atom is 0.471 e. The van der Waals surface area contributed by atoms with E-state index in [1.54, 1.807) is 29.4 Å². The number of pyridine rings is 1. The number of hydrogen-bond acceptors (Lipinski definition) is 7. The zero-order chi connectivity index (χ0) is 23.6. The molecule has 11 nitrogen and oxygen atoms in total. The molecule has 1 aliphatic rings. The van der Waals surface area contributed by atoms with Gasteiger partial charge in [-0.1, -0.05) is 17.7 Å². The minimum Gasteiger partial charge on any atom is -0.303 e. The molecule has 4 heterocycles. The first-order valence-corrected chi connectivity index (χ1v) is 12.1. The number of carbonyl (C=O) groups is 1. The first-order chi connectivity index (χ1) is 15.7. The van der Waals surface area contributed by atoms with Crippen molar-refractivity contribution in [2.24, 2.45) is 5.92 Å². The standard InChI is InChI=1S/C20H22ClN6O5P/c1-13-9-23-24-11-16(13)17-8-19(25-27(17)12-32-33(29,30)31)26-6-2-3-15(20(26)28)7-14-4-5-18(21)22-10-14/h4-5,8-11,15H,2-3,6-7,12H2,1H3,(H2,29,30,31)/t15-/m0/s1. The number of piperidine rings is 1. The highest BCUT2D eigenvalue weighted by atomic mass is 35.5. The van der Waals surface area contributed by atoms with Crippen LogP contribution in [0.3, 0.4) is 0 Å². The first-order valence-electron chi connectivity index (χ1n) is 10.2. The lowest BCUT2D eigenvalue weighted by Crippen LogP contribution is -2.42. The highest BCUT2D eigenvalue weighted by Crippen LogP contribution is 2.37. The number of rotatable bonds is 7. The van der Waals surface area contributed by atoms with Gasteiger partial charge in [0.1, 0.15) is 5.15 Å². The fourth-order valence-corrected chi connectivity index (χ4v) is 4.18. The summed E-state index contributed by atoms with van der Waals surface area (Å²) in [6, 6.07) is 5.24. The van der Waals surface area contributed by atoms with Crippen molar-refractivity contribution < 1.29 is 23.7 Å². The van der Waals surface area contributed by atoms with Gasteiger partial charge in [-0.05, 0) is 43.4 Å². The van der Waals surface area contributed by atoms with E-state index in [0.29, 0.717) is 35.2 Å². The Balaban J connectivity index is 1.63.